The zero-order valence-corrected chi connectivity index (χ0v) is 18.5. The first-order chi connectivity index (χ1) is 15.0. The second kappa shape index (κ2) is 8.78. The van der Waals surface area contributed by atoms with Crippen LogP contribution < -0.4 is 14.8 Å². The molecule has 158 valence electrons. The van der Waals surface area contributed by atoms with Crippen molar-refractivity contribution < 1.29 is 14.3 Å². The maximum atomic E-state index is 12.3. The molecule has 4 aromatic rings. The molecule has 1 aromatic heterocycles. The first kappa shape index (κ1) is 20.9. The summed E-state index contributed by atoms with van der Waals surface area (Å²) < 4.78 is 11.9. The Morgan fingerprint density at radius 2 is 1.68 bits per heavy atom. The summed E-state index contributed by atoms with van der Waals surface area (Å²) in [5.41, 5.74) is 3.04. The minimum atomic E-state index is -0.258. The summed E-state index contributed by atoms with van der Waals surface area (Å²) in [6.07, 6.45) is 0. The SMILES string of the molecule is COc1cccc2sc(NC(=O)COc3ccc(C(C)(C)c4ccccc4)cc3)nc12. The van der Waals surface area contributed by atoms with Gasteiger partial charge in [-0.25, -0.2) is 4.98 Å². The number of para-hydroxylation sites is 1. The van der Waals surface area contributed by atoms with Gasteiger partial charge in [0.25, 0.3) is 5.91 Å². The summed E-state index contributed by atoms with van der Waals surface area (Å²) in [6, 6.07) is 24.0. The highest BCUT2D eigenvalue weighted by Gasteiger charge is 2.22. The van der Waals surface area contributed by atoms with Crippen molar-refractivity contribution in [2.24, 2.45) is 0 Å². The van der Waals surface area contributed by atoms with E-state index in [1.54, 1.807) is 7.11 Å². The fourth-order valence-electron chi connectivity index (χ4n) is 3.43. The highest BCUT2D eigenvalue weighted by Crippen LogP contribution is 2.33. The Morgan fingerprint density at radius 3 is 2.39 bits per heavy atom. The third-order valence-electron chi connectivity index (χ3n) is 5.29. The molecule has 1 N–H and O–H groups in total. The molecule has 0 aliphatic heterocycles. The number of ether oxygens (including phenoxy) is 2. The van der Waals surface area contributed by atoms with Gasteiger partial charge >= 0.3 is 0 Å². The van der Waals surface area contributed by atoms with Gasteiger partial charge in [-0.3, -0.25) is 10.1 Å². The van der Waals surface area contributed by atoms with E-state index in [0.29, 0.717) is 16.6 Å². The van der Waals surface area contributed by atoms with Crippen molar-refractivity contribution in [3.05, 3.63) is 83.9 Å². The van der Waals surface area contributed by atoms with Gasteiger partial charge in [-0.1, -0.05) is 73.7 Å². The lowest BCUT2D eigenvalue weighted by Crippen LogP contribution is -2.20. The van der Waals surface area contributed by atoms with Gasteiger partial charge in [0.2, 0.25) is 0 Å². The molecule has 0 fully saturated rings. The molecule has 5 nitrogen and oxygen atoms in total. The molecular formula is C25H24N2O3S. The number of nitrogens with zero attached hydrogens (tertiary/aromatic N) is 1. The van der Waals surface area contributed by atoms with E-state index in [4.69, 9.17) is 9.47 Å². The van der Waals surface area contributed by atoms with E-state index in [9.17, 15) is 4.79 Å². The highest BCUT2D eigenvalue weighted by molar-refractivity contribution is 7.22. The van der Waals surface area contributed by atoms with Gasteiger partial charge in [-0.05, 0) is 35.4 Å². The van der Waals surface area contributed by atoms with Crippen LogP contribution in [0.2, 0.25) is 0 Å². The molecule has 0 aliphatic rings. The zero-order valence-electron chi connectivity index (χ0n) is 17.7. The number of methoxy groups -OCH3 is 1. The van der Waals surface area contributed by atoms with Gasteiger partial charge in [0.05, 0.1) is 11.8 Å². The number of anilines is 1. The Bertz CT molecular complexity index is 1180. The molecule has 1 heterocycles. The number of thiazole rings is 1. The summed E-state index contributed by atoms with van der Waals surface area (Å²) in [5.74, 6) is 1.07. The Kier molecular flexibility index (Phi) is 5.91. The van der Waals surface area contributed by atoms with Crippen LogP contribution in [-0.4, -0.2) is 24.6 Å². The number of carbonyl (C=O) groups is 1. The molecule has 0 bridgehead atoms. The van der Waals surface area contributed by atoms with Gasteiger partial charge in [-0.15, -0.1) is 0 Å². The number of aromatic nitrogens is 1. The average molecular weight is 433 g/mol. The van der Waals surface area contributed by atoms with E-state index < -0.39 is 0 Å². The fourth-order valence-corrected chi connectivity index (χ4v) is 4.33. The van der Waals surface area contributed by atoms with Crippen LogP contribution in [0, 0.1) is 0 Å². The van der Waals surface area contributed by atoms with Gasteiger partial charge in [0.1, 0.15) is 17.0 Å². The van der Waals surface area contributed by atoms with E-state index in [1.807, 2.05) is 48.5 Å². The maximum absolute atomic E-state index is 12.3. The van der Waals surface area contributed by atoms with Gasteiger partial charge in [0, 0.05) is 5.41 Å². The van der Waals surface area contributed by atoms with Gasteiger partial charge < -0.3 is 9.47 Å². The summed E-state index contributed by atoms with van der Waals surface area (Å²) in [4.78, 5) is 16.8. The van der Waals surface area contributed by atoms with Crippen LogP contribution in [0.25, 0.3) is 10.2 Å². The first-order valence-corrected chi connectivity index (χ1v) is 10.8. The van der Waals surface area contributed by atoms with E-state index in [1.165, 1.54) is 22.5 Å². The van der Waals surface area contributed by atoms with Crippen molar-refractivity contribution in [1.82, 2.24) is 4.98 Å². The Balaban J connectivity index is 1.38. The number of amides is 1. The number of benzene rings is 3. The van der Waals surface area contributed by atoms with Crippen molar-refractivity contribution in [2.75, 3.05) is 19.0 Å². The molecule has 0 unspecified atom stereocenters. The Labute approximate surface area is 185 Å². The monoisotopic (exact) mass is 432 g/mol. The molecule has 4 rings (SSSR count). The minimum Gasteiger partial charge on any atom is -0.494 e. The molecule has 0 saturated carbocycles. The van der Waals surface area contributed by atoms with Gasteiger partial charge in [0.15, 0.2) is 11.7 Å². The third kappa shape index (κ3) is 4.54. The minimum absolute atomic E-state index is 0.0888. The second-order valence-electron chi connectivity index (χ2n) is 7.68. The van der Waals surface area contributed by atoms with E-state index >= 15 is 0 Å². The van der Waals surface area contributed by atoms with E-state index in [2.05, 4.69) is 48.4 Å². The number of rotatable bonds is 7. The molecule has 0 atom stereocenters. The summed E-state index contributed by atoms with van der Waals surface area (Å²) in [6.45, 7) is 4.30. The second-order valence-corrected chi connectivity index (χ2v) is 8.71. The number of hydrogen-bond donors (Lipinski definition) is 1. The predicted octanol–water partition coefficient (Wildman–Crippen LogP) is 5.65. The average Bonchev–Trinajstić information content (AvgIpc) is 3.21. The number of carbonyl (C=O) groups excluding carboxylic acids is 1. The van der Waals surface area contributed by atoms with Crippen LogP contribution in [0.3, 0.4) is 0 Å². The van der Waals surface area contributed by atoms with Crippen molar-refractivity contribution in [1.29, 1.82) is 0 Å². The lowest BCUT2D eigenvalue weighted by atomic mass is 9.78. The van der Waals surface area contributed by atoms with Crippen LogP contribution in [0.4, 0.5) is 5.13 Å². The Morgan fingerprint density at radius 1 is 0.968 bits per heavy atom. The largest absolute Gasteiger partial charge is 0.494 e. The lowest BCUT2D eigenvalue weighted by molar-refractivity contribution is -0.118. The Hall–Kier alpha value is -3.38. The van der Waals surface area contributed by atoms with Crippen molar-refractivity contribution in [2.45, 2.75) is 19.3 Å². The van der Waals surface area contributed by atoms with E-state index in [0.717, 1.165) is 10.2 Å². The molecule has 0 spiro atoms. The molecule has 6 heteroatoms. The molecule has 3 aromatic carbocycles. The molecule has 0 saturated heterocycles. The lowest BCUT2D eigenvalue weighted by Gasteiger charge is -2.26. The number of fused-ring (bicyclic) bond motifs is 1. The predicted molar refractivity (Wildman–Crippen MR) is 125 cm³/mol. The quantitative estimate of drug-likeness (QED) is 0.410. The smallest absolute Gasteiger partial charge is 0.264 e. The number of nitrogens with one attached hydrogen (secondary N) is 1. The summed E-state index contributed by atoms with van der Waals surface area (Å²) >= 11 is 1.40. The first-order valence-electron chi connectivity index (χ1n) is 9.99. The third-order valence-corrected chi connectivity index (χ3v) is 6.23. The summed E-state index contributed by atoms with van der Waals surface area (Å²) in [7, 11) is 1.60. The standard InChI is InChI=1S/C25H24N2O3S/c1-25(2,17-8-5-4-6-9-17)18-12-14-19(15-13-18)30-16-22(28)26-24-27-23-20(29-3)10-7-11-21(23)31-24/h4-15H,16H2,1-3H3,(H,26,27,28). The molecule has 0 radical (unpaired) electrons. The zero-order chi connectivity index (χ0) is 21.8. The fraction of sp³-hybridized carbons (Fsp3) is 0.200. The molecule has 31 heavy (non-hydrogen) atoms. The maximum Gasteiger partial charge on any atom is 0.264 e. The van der Waals surface area contributed by atoms with Crippen LogP contribution in [-0.2, 0) is 10.2 Å². The van der Waals surface area contributed by atoms with Crippen molar-refractivity contribution >= 4 is 32.6 Å². The number of hydrogen-bond acceptors (Lipinski definition) is 5. The van der Waals surface area contributed by atoms with Crippen LogP contribution in [0.5, 0.6) is 11.5 Å². The van der Waals surface area contributed by atoms with Gasteiger partial charge in [-0.2, -0.15) is 0 Å². The van der Waals surface area contributed by atoms with Crippen LogP contribution >= 0.6 is 11.3 Å². The topological polar surface area (TPSA) is 60.5 Å². The molecular weight excluding hydrogens is 408 g/mol. The normalized spacial score (nSPS) is 11.3. The van der Waals surface area contributed by atoms with Crippen molar-refractivity contribution in [3.8, 4) is 11.5 Å². The van der Waals surface area contributed by atoms with Crippen LogP contribution in [0.15, 0.2) is 72.8 Å². The van der Waals surface area contributed by atoms with E-state index in [-0.39, 0.29) is 17.9 Å². The molecule has 1 amide bonds. The summed E-state index contributed by atoms with van der Waals surface area (Å²) in [5, 5.41) is 3.32. The highest BCUT2D eigenvalue weighted by atomic mass is 32.1. The van der Waals surface area contributed by atoms with Crippen LogP contribution in [0.1, 0.15) is 25.0 Å². The molecule has 0 aliphatic carbocycles. The van der Waals surface area contributed by atoms with Crippen molar-refractivity contribution in [3.63, 3.8) is 0 Å².